The van der Waals surface area contributed by atoms with Gasteiger partial charge in [0, 0.05) is 12.3 Å². The van der Waals surface area contributed by atoms with Gasteiger partial charge in [-0.15, -0.1) is 0 Å². The maximum atomic E-state index is 5.34. The van der Waals surface area contributed by atoms with E-state index in [9.17, 15) is 0 Å². The Kier molecular flexibility index (Phi) is 6.29. The number of hydrogen-bond acceptors (Lipinski definition) is 2. The molecule has 13 heavy (non-hydrogen) atoms. The topological polar surface area (TPSA) is 38.4 Å². The molecule has 2 nitrogen and oxygen atoms in total. The molecule has 0 aromatic carbocycles. The molecule has 2 N–H and O–H groups in total. The molecule has 0 amide bonds. The van der Waals surface area contributed by atoms with Gasteiger partial charge in [0.2, 0.25) is 0 Å². The van der Waals surface area contributed by atoms with Crippen LogP contribution in [0.5, 0.6) is 0 Å². The molecular weight excluding hydrogens is 160 g/mol. The molecule has 0 atom stereocenters. The Labute approximate surface area is 81.9 Å². The third-order valence-corrected chi connectivity index (χ3v) is 1.86. The van der Waals surface area contributed by atoms with Crippen molar-refractivity contribution in [1.82, 2.24) is 0 Å². The maximum Gasteiger partial charge on any atom is 0.0395 e. The maximum absolute atomic E-state index is 5.34. The highest BCUT2D eigenvalue weighted by Crippen LogP contribution is 2.03. The van der Waals surface area contributed by atoms with E-state index in [4.69, 9.17) is 5.73 Å². The lowest BCUT2D eigenvalue weighted by atomic mass is 10.1. The van der Waals surface area contributed by atoms with Crippen LogP contribution in [0.1, 0.15) is 34.1 Å². The quantitative estimate of drug-likeness (QED) is 0.652. The summed E-state index contributed by atoms with van der Waals surface area (Å²) in [6, 6.07) is 0. The number of rotatable bonds is 5. The van der Waals surface area contributed by atoms with Crippen LogP contribution in [0.25, 0.3) is 0 Å². The molecule has 0 bridgehead atoms. The first-order chi connectivity index (χ1) is 6.07. The van der Waals surface area contributed by atoms with Crippen LogP contribution in [0.15, 0.2) is 17.3 Å². The van der Waals surface area contributed by atoms with Crippen molar-refractivity contribution in [2.45, 2.75) is 34.1 Å². The normalized spacial score (nSPS) is 13.5. The number of allylic oxidation sites excluding steroid dienone is 1. The Hall–Kier alpha value is -0.790. The number of nitrogens with two attached hydrogens (primary N) is 1. The monoisotopic (exact) mass is 182 g/mol. The molecule has 0 aliphatic heterocycles. The van der Waals surface area contributed by atoms with E-state index in [0.717, 1.165) is 24.6 Å². The molecule has 0 unspecified atom stereocenters. The summed E-state index contributed by atoms with van der Waals surface area (Å²) in [6.07, 6.45) is 4.60. The Morgan fingerprint density at radius 3 is 2.31 bits per heavy atom. The second-order valence-corrected chi connectivity index (χ2v) is 4.00. The highest BCUT2D eigenvalue weighted by atomic mass is 14.7. The molecule has 0 saturated carbocycles. The van der Waals surface area contributed by atoms with Crippen molar-refractivity contribution in [3.63, 3.8) is 0 Å². The second kappa shape index (κ2) is 6.70. The van der Waals surface area contributed by atoms with E-state index in [1.807, 2.05) is 6.08 Å². The fourth-order valence-electron chi connectivity index (χ4n) is 0.978. The van der Waals surface area contributed by atoms with Crippen molar-refractivity contribution in [2.75, 3.05) is 6.54 Å². The molecule has 0 aromatic heterocycles. The van der Waals surface area contributed by atoms with Gasteiger partial charge in [-0.25, -0.2) is 0 Å². The number of aliphatic imine (C=N–C) groups is 1. The number of hydrogen-bond donors (Lipinski definition) is 1. The van der Waals surface area contributed by atoms with Crippen LogP contribution in [0.3, 0.4) is 0 Å². The lowest BCUT2D eigenvalue weighted by Crippen LogP contribution is -2.06. The Balaban J connectivity index is 4.04. The second-order valence-electron chi connectivity index (χ2n) is 4.00. The smallest absolute Gasteiger partial charge is 0.0395 e. The van der Waals surface area contributed by atoms with E-state index in [0.29, 0.717) is 5.92 Å². The molecule has 0 rings (SSSR count). The van der Waals surface area contributed by atoms with Gasteiger partial charge in [-0.05, 0) is 30.5 Å². The highest BCUT2D eigenvalue weighted by Gasteiger charge is 2.00. The summed E-state index contributed by atoms with van der Waals surface area (Å²) >= 11 is 0. The van der Waals surface area contributed by atoms with E-state index < -0.39 is 0 Å². The largest absolute Gasteiger partial charge is 0.405 e. The summed E-state index contributed by atoms with van der Waals surface area (Å²) in [5.41, 5.74) is 6.44. The molecule has 0 aromatic rings. The first-order valence-electron chi connectivity index (χ1n) is 5.00. The minimum Gasteiger partial charge on any atom is -0.405 e. The Bertz CT molecular complexity index is 179. The van der Waals surface area contributed by atoms with Crippen molar-refractivity contribution in [1.29, 1.82) is 0 Å². The summed E-state index contributed by atoms with van der Waals surface area (Å²) in [5, 5.41) is 0. The van der Waals surface area contributed by atoms with Gasteiger partial charge < -0.3 is 5.73 Å². The van der Waals surface area contributed by atoms with Crippen LogP contribution >= 0.6 is 0 Å². The minimum atomic E-state index is 0.465. The fraction of sp³-hybridized carbons (Fsp3) is 0.727. The first-order valence-corrected chi connectivity index (χ1v) is 5.00. The highest BCUT2D eigenvalue weighted by molar-refractivity contribution is 5.96. The summed E-state index contributed by atoms with van der Waals surface area (Å²) in [5.74, 6) is 1.19. The van der Waals surface area contributed by atoms with Gasteiger partial charge in [0.15, 0.2) is 0 Å². The van der Waals surface area contributed by atoms with Gasteiger partial charge in [0.05, 0.1) is 0 Å². The van der Waals surface area contributed by atoms with Crippen LogP contribution in [-0.4, -0.2) is 12.3 Å². The van der Waals surface area contributed by atoms with Crippen molar-refractivity contribution in [2.24, 2.45) is 22.6 Å². The van der Waals surface area contributed by atoms with Crippen LogP contribution in [0.4, 0.5) is 0 Å². The molecular formula is C11H22N2. The van der Waals surface area contributed by atoms with Crippen LogP contribution in [0.2, 0.25) is 0 Å². The summed E-state index contributed by atoms with van der Waals surface area (Å²) in [6.45, 7) is 9.60. The molecule has 0 heterocycles. The van der Waals surface area contributed by atoms with Gasteiger partial charge in [-0.3, -0.25) is 4.99 Å². The van der Waals surface area contributed by atoms with Crippen LogP contribution in [-0.2, 0) is 0 Å². The first kappa shape index (κ1) is 12.2. The third-order valence-electron chi connectivity index (χ3n) is 1.86. The zero-order chi connectivity index (χ0) is 10.3. The van der Waals surface area contributed by atoms with Crippen LogP contribution < -0.4 is 5.73 Å². The molecule has 0 aliphatic rings. The average molecular weight is 182 g/mol. The molecule has 0 fully saturated rings. The van der Waals surface area contributed by atoms with Crippen LogP contribution in [0, 0.1) is 11.8 Å². The zero-order valence-corrected chi connectivity index (χ0v) is 9.25. The van der Waals surface area contributed by atoms with E-state index in [1.165, 1.54) is 0 Å². The van der Waals surface area contributed by atoms with Crippen molar-refractivity contribution < 1.29 is 0 Å². The lowest BCUT2D eigenvalue weighted by Gasteiger charge is -2.06. The summed E-state index contributed by atoms with van der Waals surface area (Å²) in [4.78, 5) is 4.50. The molecule has 76 valence electrons. The van der Waals surface area contributed by atoms with E-state index in [2.05, 4.69) is 32.7 Å². The van der Waals surface area contributed by atoms with Crippen molar-refractivity contribution >= 4 is 5.71 Å². The molecule has 0 saturated heterocycles. The SMILES string of the molecule is CC(C)CCN=C(C=CN)C(C)C. The summed E-state index contributed by atoms with van der Waals surface area (Å²) in [7, 11) is 0. The minimum absolute atomic E-state index is 0.465. The Morgan fingerprint density at radius 1 is 1.31 bits per heavy atom. The van der Waals surface area contributed by atoms with E-state index in [-0.39, 0.29) is 0 Å². The van der Waals surface area contributed by atoms with Gasteiger partial charge in [0.1, 0.15) is 0 Å². The average Bonchev–Trinajstić information content (AvgIpc) is 2.02. The van der Waals surface area contributed by atoms with Gasteiger partial charge in [-0.1, -0.05) is 27.7 Å². The predicted octanol–water partition coefficient (Wildman–Crippen LogP) is 2.60. The lowest BCUT2D eigenvalue weighted by molar-refractivity contribution is 0.596. The van der Waals surface area contributed by atoms with Gasteiger partial charge in [0.25, 0.3) is 0 Å². The van der Waals surface area contributed by atoms with E-state index >= 15 is 0 Å². The third kappa shape index (κ3) is 6.38. The van der Waals surface area contributed by atoms with Gasteiger partial charge in [-0.2, -0.15) is 0 Å². The standard InChI is InChI=1S/C11H22N2/c1-9(2)6-8-13-11(5-7-12)10(3)4/h5,7,9-10H,6,8,12H2,1-4H3. The molecule has 0 radical (unpaired) electrons. The van der Waals surface area contributed by atoms with E-state index in [1.54, 1.807) is 6.20 Å². The summed E-state index contributed by atoms with van der Waals surface area (Å²) < 4.78 is 0. The van der Waals surface area contributed by atoms with Gasteiger partial charge >= 0.3 is 0 Å². The van der Waals surface area contributed by atoms with Crippen molar-refractivity contribution in [3.05, 3.63) is 12.3 Å². The zero-order valence-electron chi connectivity index (χ0n) is 9.25. The predicted molar refractivity (Wildman–Crippen MR) is 59.9 cm³/mol. The molecule has 0 spiro atoms. The van der Waals surface area contributed by atoms with Crippen molar-refractivity contribution in [3.8, 4) is 0 Å². The molecule has 0 aliphatic carbocycles. The fourth-order valence-corrected chi connectivity index (χ4v) is 0.978. The molecule has 2 heteroatoms. The number of nitrogens with zero attached hydrogens (tertiary/aromatic N) is 1. The Morgan fingerprint density at radius 2 is 1.92 bits per heavy atom.